The summed E-state index contributed by atoms with van der Waals surface area (Å²) in [4.78, 5) is 27.1. The largest absolute Gasteiger partial charge is 0.483 e. The molecule has 1 atom stereocenters. The van der Waals surface area contributed by atoms with E-state index in [4.69, 9.17) is 14.2 Å². The molecule has 0 radical (unpaired) electrons. The van der Waals surface area contributed by atoms with Crippen molar-refractivity contribution >= 4 is 17.5 Å². The predicted octanol–water partition coefficient (Wildman–Crippen LogP) is 4.18. The molecular formula is C25H30N2O5. The summed E-state index contributed by atoms with van der Waals surface area (Å²) in [6.07, 6.45) is 2.27. The number of benzene rings is 2. The third-order valence-corrected chi connectivity index (χ3v) is 6.27. The second-order valence-corrected chi connectivity index (χ2v) is 8.35. The van der Waals surface area contributed by atoms with Crippen molar-refractivity contribution in [3.05, 3.63) is 48.0 Å². The van der Waals surface area contributed by atoms with Gasteiger partial charge in [-0.2, -0.15) is 0 Å². The van der Waals surface area contributed by atoms with Gasteiger partial charge in [-0.15, -0.1) is 0 Å². The molecule has 170 valence electrons. The number of likely N-dealkylation sites (tertiary alicyclic amines) is 1. The van der Waals surface area contributed by atoms with E-state index in [-0.39, 0.29) is 31.1 Å². The third-order valence-electron chi connectivity index (χ3n) is 6.27. The van der Waals surface area contributed by atoms with Gasteiger partial charge >= 0.3 is 0 Å². The standard InChI is InChI=1S/C25H30N2O5/c1-3-17(2)20-6-4-5-7-21(20)30-15-24(28)27-12-10-18(11-13-27)25(29)26-19-8-9-22-23(14-19)32-16-31-22/h4-9,14,17-18H,3,10-13,15-16H2,1-2H3,(H,26,29)/t17-/m1/s1. The molecule has 7 nitrogen and oxygen atoms in total. The van der Waals surface area contributed by atoms with E-state index in [9.17, 15) is 9.59 Å². The maximum absolute atomic E-state index is 12.7. The summed E-state index contributed by atoms with van der Waals surface area (Å²) in [5, 5.41) is 2.95. The molecule has 1 fully saturated rings. The van der Waals surface area contributed by atoms with Gasteiger partial charge in [-0.25, -0.2) is 0 Å². The minimum absolute atomic E-state index is 0.0154. The van der Waals surface area contributed by atoms with Crippen LogP contribution >= 0.6 is 0 Å². The minimum atomic E-state index is -0.128. The number of piperidine rings is 1. The van der Waals surface area contributed by atoms with Gasteiger partial charge < -0.3 is 24.4 Å². The van der Waals surface area contributed by atoms with Crippen LogP contribution in [-0.4, -0.2) is 43.2 Å². The van der Waals surface area contributed by atoms with Crippen molar-refractivity contribution in [2.45, 2.75) is 39.0 Å². The summed E-state index contributed by atoms with van der Waals surface area (Å²) in [7, 11) is 0. The van der Waals surface area contributed by atoms with Crippen LogP contribution in [0.1, 0.15) is 44.6 Å². The molecule has 0 bridgehead atoms. The zero-order valence-electron chi connectivity index (χ0n) is 18.6. The zero-order valence-corrected chi connectivity index (χ0v) is 18.6. The lowest BCUT2D eigenvalue weighted by atomic mass is 9.95. The van der Waals surface area contributed by atoms with Crippen molar-refractivity contribution in [3.8, 4) is 17.2 Å². The molecule has 2 aromatic carbocycles. The van der Waals surface area contributed by atoms with Crippen LogP contribution in [0, 0.1) is 5.92 Å². The highest BCUT2D eigenvalue weighted by atomic mass is 16.7. The second-order valence-electron chi connectivity index (χ2n) is 8.35. The van der Waals surface area contributed by atoms with E-state index < -0.39 is 0 Å². The maximum atomic E-state index is 12.7. The maximum Gasteiger partial charge on any atom is 0.260 e. The topological polar surface area (TPSA) is 77.1 Å². The molecule has 1 N–H and O–H groups in total. The molecule has 2 aliphatic heterocycles. The quantitative estimate of drug-likeness (QED) is 0.702. The smallest absolute Gasteiger partial charge is 0.260 e. The molecule has 0 saturated carbocycles. The Kier molecular flexibility index (Phi) is 6.83. The van der Waals surface area contributed by atoms with Crippen LogP contribution < -0.4 is 19.5 Å². The van der Waals surface area contributed by atoms with Crippen molar-refractivity contribution in [1.82, 2.24) is 4.90 Å². The lowest BCUT2D eigenvalue weighted by Gasteiger charge is -2.31. The summed E-state index contributed by atoms with van der Waals surface area (Å²) in [5.41, 5.74) is 1.81. The SMILES string of the molecule is CC[C@@H](C)c1ccccc1OCC(=O)N1CCC(C(=O)Nc2ccc3c(c2)OCO3)CC1. The van der Waals surface area contributed by atoms with Crippen molar-refractivity contribution in [1.29, 1.82) is 0 Å². The number of ether oxygens (including phenoxy) is 3. The van der Waals surface area contributed by atoms with Crippen LogP contribution in [0.25, 0.3) is 0 Å². The average Bonchev–Trinajstić information content (AvgIpc) is 3.30. The minimum Gasteiger partial charge on any atom is -0.483 e. The van der Waals surface area contributed by atoms with Crippen LogP contribution in [0.3, 0.4) is 0 Å². The average molecular weight is 439 g/mol. The summed E-state index contributed by atoms with van der Waals surface area (Å²) in [6.45, 7) is 5.61. The van der Waals surface area contributed by atoms with Crippen molar-refractivity contribution in [2.75, 3.05) is 31.8 Å². The summed E-state index contributed by atoms with van der Waals surface area (Å²) >= 11 is 0. The predicted molar refractivity (Wildman–Crippen MR) is 121 cm³/mol. The molecule has 1 saturated heterocycles. The van der Waals surface area contributed by atoms with Gasteiger partial charge in [0.25, 0.3) is 5.91 Å². The van der Waals surface area contributed by atoms with E-state index in [1.807, 2.05) is 18.2 Å². The van der Waals surface area contributed by atoms with Crippen molar-refractivity contribution in [2.24, 2.45) is 5.92 Å². The number of rotatable bonds is 7. The number of anilines is 1. The summed E-state index contributed by atoms with van der Waals surface area (Å²) in [5.74, 6) is 2.26. The van der Waals surface area contributed by atoms with Crippen molar-refractivity contribution in [3.63, 3.8) is 0 Å². The second kappa shape index (κ2) is 9.94. The van der Waals surface area contributed by atoms with Gasteiger partial charge in [0.1, 0.15) is 5.75 Å². The lowest BCUT2D eigenvalue weighted by Crippen LogP contribution is -2.43. The number of fused-ring (bicyclic) bond motifs is 1. The number of carbonyl (C=O) groups is 2. The van der Waals surface area contributed by atoms with Gasteiger partial charge in [-0.1, -0.05) is 32.0 Å². The highest BCUT2D eigenvalue weighted by Crippen LogP contribution is 2.34. The Balaban J connectivity index is 1.25. The first kappa shape index (κ1) is 22.0. The Morgan fingerprint density at radius 3 is 2.66 bits per heavy atom. The fraction of sp³-hybridized carbons (Fsp3) is 0.440. The van der Waals surface area contributed by atoms with E-state index in [0.29, 0.717) is 49.0 Å². The van der Waals surface area contributed by atoms with Gasteiger partial charge in [-0.05, 0) is 48.9 Å². The Morgan fingerprint density at radius 2 is 1.88 bits per heavy atom. The molecule has 4 rings (SSSR count). The highest BCUT2D eigenvalue weighted by molar-refractivity contribution is 5.93. The Labute approximate surface area is 188 Å². The molecule has 2 amide bonds. The fourth-order valence-electron chi connectivity index (χ4n) is 4.08. The van der Waals surface area contributed by atoms with E-state index in [1.54, 1.807) is 23.1 Å². The molecule has 0 aliphatic carbocycles. The molecule has 0 unspecified atom stereocenters. The Bertz CT molecular complexity index is 969. The number of carbonyl (C=O) groups excluding carboxylic acids is 2. The first-order valence-electron chi connectivity index (χ1n) is 11.2. The van der Waals surface area contributed by atoms with Crippen LogP contribution in [0.5, 0.6) is 17.2 Å². The van der Waals surface area contributed by atoms with Gasteiger partial charge in [0.2, 0.25) is 12.7 Å². The van der Waals surface area contributed by atoms with Crippen LogP contribution in [0.15, 0.2) is 42.5 Å². The van der Waals surface area contributed by atoms with E-state index in [0.717, 1.165) is 17.7 Å². The molecule has 2 aromatic rings. The van der Waals surface area contributed by atoms with E-state index in [2.05, 4.69) is 25.2 Å². The first-order chi connectivity index (χ1) is 15.5. The molecule has 7 heteroatoms. The third kappa shape index (κ3) is 4.98. The zero-order chi connectivity index (χ0) is 22.5. The van der Waals surface area contributed by atoms with Crippen molar-refractivity contribution < 1.29 is 23.8 Å². The van der Waals surface area contributed by atoms with Gasteiger partial charge in [0.05, 0.1) is 0 Å². The number of hydrogen-bond donors (Lipinski definition) is 1. The molecule has 0 spiro atoms. The summed E-state index contributed by atoms with van der Waals surface area (Å²) in [6, 6.07) is 13.3. The van der Waals surface area contributed by atoms with Crippen LogP contribution in [0.4, 0.5) is 5.69 Å². The van der Waals surface area contributed by atoms with Crippen LogP contribution in [0.2, 0.25) is 0 Å². The number of hydrogen-bond acceptors (Lipinski definition) is 5. The summed E-state index contributed by atoms with van der Waals surface area (Å²) < 4.78 is 16.5. The molecule has 0 aromatic heterocycles. The Morgan fingerprint density at radius 1 is 1.12 bits per heavy atom. The molecule has 2 aliphatic rings. The molecular weight excluding hydrogens is 408 g/mol. The number of nitrogens with zero attached hydrogens (tertiary/aromatic N) is 1. The van der Waals surface area contributed by atoms with Crippen LogP contribution in [-0.2, 0) is 9.59 Å². The molecule has 2 heterocycles. The highest BCUT2D eigenvalue weighted by Gasteiger charge is 2.28. The number of para-hydroxylation sites is 1. The Hall–Kier alpha value is -3.22. The normalized spacial score (nSPS) is 16.5. The van der Waals surface area contributed by atoms with Gasteiger partial charge in [-0.3, -0.25) is 9.59 Å². The molecule has 32 heavy (non-hydrogen) atoms. The van der Waals surface area contributed by atoms with Gasteiger partial charge in [0, 0.05) is 30.8 Å². The van der Waals surface area contributed by atoms with Gasteiger partial charge in [0.15, 0.2) is 18.1 Å². The van der Waals surface area contributed by atoms with E-state index in [1.165, 1.54) is 0 Å². The fourth-order valence-corrected chi connectivity index (χ4v) is 4.08. The monoisotopic (exact) mass is 438 g/mol. The lowest BCUT2D eigenvalue weighted by molar-refractivity contribution is -0.136. The number of amides is 2. The van der Waals surface area contributed by atoms with E-state index >= 15 is 0 Å². The first-order valence-corrected chi connectivity index (χ1v) is 11.2. The number of nitrogens with one attached hydrogen (secondary N) is 1.